The third kappa shape index (κ3) is 4.41. The number of hydrogen-bond donors (Lipinski definition) is 0. The fourth-order valence-electron chi connectivity index (χ4n) is 2.60. The summed E-state index contributed by atoms with van der Waals surface area (Å²) in [5.74, 6) is -1.26. The third-order valence-corrected chi connectivity index (χ3v) is 4.30. The van der Waals surface area contributed by atoms with E-state index in [2.05, 4.69) is 5.10 Å². The fourth-order valence-corrected chi connectivity index (χ4v) is 2.73. The maximum atomic E-state index is 12.4. The predicted octanol–water partition coefficient (Wildman–Crippen LogP) is 3.64. The zero-order valence-corrected chi connectivity index (χ0v) is 15.3. The Morgan fingerprint density at radius 2 is 1.74 bits per heavy atom. The van der Waals surface area contributed by atoms with E-state index in [1.54, 1.807) is 48.5 Å². The van der Waals surface area contributed by atoms with Gasteiger partial charge in [0.15, 0.2) is 6.10 Å². The van der Waals surface area contributed by atoms with Crippen LogP contribution in [0, 0.1) is 0 Å². The molecule has 0 radical (unpaired) electrons. The Labute approximate surface area is 161 Å². The number of halogens is 1. The second-order valence-corrected chi connectivity index (χ2v) is 6.44. The SMILES string of the molecule is C[C@H](OC(=O)C1=NN(c2ccccc2)C(=O)CC1)C(=O)c1ccc(Cl)cc1. The van der Waals surface area contributed by atoms with Gasteiger partial charge in [0.25, 0.3) is 0 Å². The summed E-state index contributed by atoms with van der Waals surface area (Å²) in [7, 11) is 0. The molecule has 7 heteroatoms. The van der Waals surface area contributed by atoms with Gasteiger partial charge in [-0.3, -0.25) is 9.59 Å². The number of hydrogen-bond acceptors (Lipinski definition) is 5. The van der Waals surface area contributed by atoms with E-state index in [1.165, 1.54) is 11.9 Å². The van der Waals surface area contributed by atoms with Crippen LogP contribution in [0.3, 0.4) is 0 Å². The van der Waals surface area contributed by atoms with Gasteiger partial charge >= 0.3 is 5.97 Å². The highest BCUT2D eigenvalue weighted by Crippen LogP contribution is 2.20. The average molecular weight is 385 g/mol. The van der Waals surface area contributed by atoms with E-state index in [9.17, 15) is 14.4 Å². The number of anilines is 1. The monoisotopic (exact) mass is 384 g/mol. The highest BCUT2D eigenvalue weighted by atomic mass is 35.5. The average Bonchev–Trinajstić information content (AvgIpc) is 2.69. The van der Waals surface area contributed by atoms with Crippen LogP contribution in [0.1, 0.15) is 30.1 Å². The molecular weight excluding hydrogens is 368 g/mol. The molecule has 2 aromatic rings. The number of carbonyl (C=O) groups excluding carboxylic acids is 3. The molecule has 0 aliphatic carbocycles. The Bertz CT molecular complexity index is 894. The summed E-state index contributed by atoms with van der Waals surface area (Å²) >= 11 is 5.81. The summed E-state index contributed by atoms with van der Waals surface area (Å²) in [5, 5.41) is 5.83. The maximum Gasteiger partial charge on any atom is 0.355 e. The van der Waals surface area contributed by atoms with Gasteiger partial charge in [0.1, 0.15) is 5.71 Å². The number of nitrogens with zero attached hydrogens (tertiary/aromatic N) is 2. The van der Waals surface area contributed by atoms with Gasteiger partial charge in [0.05, 0.1) is 5.69 Å². The van der Waals surface area contributed by atoms with Crippen LogP contribution in [-0.2, 0) is 14.3 Å². The molecule has 1 atom stereocenters. The van der Waals surface area contributed by atoms with Crippen LogP contribution in [-0.4, -0.2) is 29.5 Å². The number of ether oxygens (including phenoxy) is 1. The van der Waals surface area contributed by atoms with E-state index in [1.807, 2.05) is 6.07 Å². The van der Waals surface area contributed by atoms with Crippen LogP contribution < -0.4 is 5.01 Å². The van der Waals surface area contributed by atoms with Crippen molar-refractivity contribution in [2.75, 3.05) is 5.01 Å². The van der Waals surface area contributed by atoms with Crippen molar-refractivity contribution in [2.45, 2.75) is 25.9 Å². The summed E-state index contributed by atoms with van der Waals surface area (Å²) < 4.78 is 5.27. The number of hydrazone groups is 1. The van der Waals surface area contributed by atoms with E-state index in [0.717, 1.165) is 0 Å². The first-order chi connectivity index (χ1) is 13.0. The van der Waals surface area contributed by atoms with Crippen molar-refractivity contribution in [1.82, 2.24) is 0 Å². The quantitative estimate of drug-likeness (QED) is 0.582. The van der Waals surface area contributed by atoms with E-state index in [-0.39, 0.29) is 30.2 Å². The van der Waals surface area contributed by atoms with E-state index >= 15 is 0 Å². The van der Waals surface area contributed by atoms with Crippen LogP contribution in [0.25, 0.3) is 0 Å². The van der Waals surface area contributed by atoms with Crippen molar-refractivity contribution in [3.63, 3.8) is 0 Å². The standard InChI is InChI=1S/C20H17ClN2O4/c1-13(19(25)14-7-9-15(21)10-8-14)27-20(26)17-11-12-18(24)23(22-17)16-5-3-2-4-6-16/h2-10,13H,11-12H2,1H3/t13-/m0/s1. The molecule has 2 aromatic carbocycles. The molecule has 1 aliphatic heterocycles. The summed E-state index contributed by atoms with van der Waals surface area (Å²) in [4.78, 5) is 36.9. The minimum Gasteiger partial charge on any atom is -0.450 e. The number of amides is 1. The number of esters is 1. The lowest BCUT2D eigenvalue weighted by atomic mass is 10.1. The Kier molecular flexibility index (Phi) is 5.66. The van der Waals surface area contributed by atoms with Gasteiger partial charge < -0.3 is 4.74 Å². The molecular formula is C20H17ClN2O4. The first-order valence-corrected chi connectivity index (χ1v) is 8.80. The van der Waals surface area contributed by atoms with E-state index in [0.29, 0.717) is 16.3 Å². The van der Waals surface area contributed by atoms with Crippen LogP contribution in [0.5, 0.6) is 0 Å². The van der Waals surface area contributed by atoms with Gasteiger partial charge in [0.2, 0.25) is 11.7 Å². The zero-order valence-electron chi connectivity index (χ0n) is 14.6. The summed E-state index contributed by atoms with van der Waals surface area (Å²) in [6.07, 6.45) is -0.672. The number of para-hydroxylation sites is 1. The molecule has 27 heavy (non-hydrogen) atoms. The van der Waals surface area contributed by atoms with Gasteiger partial charge in [0, 0.05) is 23.4 Å². The molecule has 1 aliphatic rings. The molecule has 3 rings (SSSR count). The molecule has 0 bridgehead atoms. The number of carbonyl (C=O) groups is 3. The first-order valence-electron chi connectivity index (χ1n) is 8.42. The molecule has 0 aromatic heterocycles. The van der Waals surface area contributed by atoms with Gasteiger partial charge in [-0.2, -0.15) is 5.10 Å². The summed E-state index contributed by atoms with van der Waals surface area (Å²) in [6, 6.07) is 15.2. The van der Waals surface area contributed by atoms with Crippen LogP contribution in [0.4, 0.5) is 5.69 Å². The van der Waals surface area contributed by atoms with Crippen LogP contribution >= 0.6 is 11.6 Å². The Morgan fingerprint density at radius 3 is 2.41 bits per heavy atom. The fraction of sp³-hybridized carbons (Fsp3) is 0.200. The zero-order chi connectivity index (χ0) is 19.4. The second-order valence-electron chi connectivity index (χ2n) is 6.01. The van der Waals surface area contributed by atoms with Crippen LogP contribution in [0.2, 0.25) is 5.02 Å². The minimum atomic E-state index is -0.982. The Hall–Kier alpha value is -2.99. The normalized spacial score (nSPS) is 15.1. The maximum absolute atomic E-state index is 12.4. The number of benzene rings is 2. The van der Waals surface area contributed by atoms with Crippen molar-refractivity contribution in [3.8, 4) is 0 Å². The predicted molar refractivity (Wildman–Crippen MR) is 102 cm³/mol. The van der Waals surface area contributed by atoms with Crippen molar-refractivity contribution in [2.24, 2.45) is 5.10 Å². The molecule has 1 amide bonds. The lowest BCUT2D eigenvalue weighted by Crippen LogP contribution is -2.36. The third-order valence-electron chi connectivity index (χ3n) is 4.05. The smallest absolute Gasteiger partial charge is 0.355 e. The molecule has 1 heterocycles. The van der Waals surface area contributed by atoms with Crippen molar-refractivity contribution in [3.05, 3.63) is 65.2 Å². The Morgan fingerprint density at radius 1 is 1.07 bits per heavy atom. The number of Topliss-reactive ketones (excluding diaryl/α,β-unsaturated/α-hetero) is 1. The first kappa shape index (κ1) is 18.8. The highest BCUT2D eigenvalue weighted by Gasteiger charge is 2.28. The van der Waals surface area contributed by atoms with Crippen LogP contribution in [0.15, 0.2) is 59.7 Å². The molecule has 0 unspecified atom stereocenters. The highest BCUT2D eigenvalue weighted by molar-refractivity contribution is 6.38. The number of rotatable bonds is 5. The molecule has 0 spiro atoms. The van der Waals surface area contributed by atoms with Crippen molar-refractivity contribution >= 4 is 40.7 Å². The van der Waals surface area contributed by atoms with Gasteiger partial charge in [-0.1, -0.05) is 29.8 Å². The van der Waals surface area contributed by atoms with E-state index < -0.39 is 12.1 Å². The topological polar surface area (TPSA) is 76.0 Å². The van der Waals surface area contributed by atoms with Gasteiger partial charge in [-0.15, -0.1) is 0 Å². The van der Waals surface area contributed by atoms with Crippen molar-refractivity contribution in [1.29, 1.82) is 0 Å². The van der Waals surface area contributed by atoms with Gasteiger partial charge in [-0.25, -0.2) is 9.80 Å². The number of ketones is 1. The summed E-state index contributed by atoms with van der Waals surface area (Å²) in [6.45, 7) is 1.50. The molecule has 0 saturated heterocycles. The largest absolute Gasteiger partial charge is 0.450 e. The minimum absolute atomic E-state index is 0.106. The van der Waals surface area contributed by atoms with Gasteiger partial charge in [-0.05, 0) is 43.3 Å². The molecule has 138 valence electrons. The second kappa shape index (κ2) is 8.14. The van der Waals surface area contributed by atoms with E-state index in [4.69, 9.17) is 16.3 Å². The molecule has 0 fully saturated rings. The molecule has 0 saturated carbocycles. The molecule has 6 nitrogen and oxygen atoms in total. The summed E-state index contributed by atoms with van der Waals surface area (Å²) in [5.41, 5.74) is 1.07. The lowest BCUT2D eigenvalue weighted by Gasteiger charge is -2.23. The lowest BCUT2D eigenvalue weighted by molar-refractivity contribution is -0.138. The Balaban J connectivity index is 1.72. The molecule has 0 N–H and O–H groups in total. The van der Waals surface area contributed by atoms with Crippen molar-refractivity contribution < 1.29 is 19.1 Å².